The number of aromatic nitrogens is 3. The third-order valence-electron chi connectivity index (χ3n) is 5.29. The standard InChI is InChI=1S/C23H19FN4O/c24-19-8-5-9-20(14-19)28-22(26-11-3-4-12-26)21(15-25-28)23(29)27-13-10-17-6-1-2-7-18(17)16-27/h1-9,11-12,14-15H,10,13,16H2. The summed E-state index contributed by atoms with van der Waals surface area (Å²) in [7, 11) is 0. The molecule has 1 amide bonds. The lowest BCUT2D eigenvalue weighted by atomic mass is 9.99. The van der Waals surface area contributed by atoms with E-state index in [2.05, 4.69) is 17.2 Å². The van der Waals surface area contributed by atoms with Crippen molar-refractivity contribution >= 4 is 5.91 Å². The number of halogens is 1. The van der Waals surface area contributed by atoms with Crippen molar-refractivity contribution < 1.29 is 9.18 Å². The Morgan fingerprint density at radius 3 is 2.55 bits per heavy atom. The van der Waals surface area contributed by atoms with E-state index < -0.39 is 0 Å². The number of carbonyl (C=O) groups excluding carboxylic acids is 1. The van der Waals surface area contributed by atoms with Crippen LogP contribution in [0.25, 0.3) is 11.5 Å². The molecule has 0 N–H and O–H groups in total. The van der Waals surface area contributed by atoms with Gasteiger partial charge in [0.1, 0.15) is 11.4 Å². The van der Waals surface area contributed by atoms with Crippen LogP contribution >= 0.6 is 0 Å². The van der Waals surface area contributed by atoms with Crippen LogP contribution in [-0.4, -0.2) is 31.7 Å². The van der Waals surface area contributed by atoms with Crippen LogP contribution in [0.4, 0.5) is 4.39 Å². The van der Waals surface area contributed by atoms with Gasteiger partial charge in [-0.15, -0.1) is 0 Å². The number of benzene rings is 2. The minimum absolute atomic E-state index is 0.0779. The van der Waals surface area contributed by atoms with E-state index in [0.717, 1.165) is 6.42 Å². The van der Waals surface area contributed by atoms with Crippen LogP contribution < -0.4 is 0 Å². The van der Waals surface area contributed by atoms with Crippen molar-refractivity contribution in [2.75, 3.05) is 6.54 Å². The molecule has 144 valence electrons. The van der Waals surface area contributed by atoms with Gasteiger partial charge in [0.25, 0.3) is 5.91 Å². The topological polar surface area (TPSA) is 43.1 Å². The summed E-state index contributed by atoms with van der Waals surface area (Å²) < 4.78 is 17.2. The molecule has 0 saturated carbocycles. The summed E-state index contributed by atoms with van der Waals surface area (Å²) in [6, 6.07) is 18.2. The van der Waals surface area contributed by atoms with Crippen LogP contribution in [0.3, 0.4) is 0 Å². The second-order valence-electron chi connectivity index (χ2n) is 7.11. The Labute approximate surface area is 167 Å². The van der Waals surface area contributed by atoms with Crippen molar-refractivity contribution in [3.8, 4) is 11.5 Å². The highest BCUT2D eigenvalue weighted by atomic mass is 19.1. The van der Waals surface area contributed by atoms with Gasteiger partial charge in [-0.1, -0.05) is 30.3 Å². The highest BCUT2D eigenvalue weighted by Crippen LogP contribution is 2.25. The van der Waals surface area contributed by atoms with Gasteiger partial charge in [-0.05, 0) is 47.9 Å². The molecule has 0 radical (unpaired) electrons. The largest absolute Gasteiger partial charge is 0.334 e. The Kier molecular flexibility index (Phi) is 4.24. The van der Waals surface area contributed by atoms with Crippen molar-refractivity contribution in [1.29, 1.82) is 0 Å². The first-order chi connectivity index (χ1) is 14.2. The van der Waals surface area contributed by atoms with E-state index in [1.165, 1.54) is 23.3 Å². The molecular formula is C23H19FN4O. The maximum absolute atomic E-state index is 13.8. The molecule has 2 aromatic heterocycles. The normalized spacial score (nSPS) is 13.3. The molecule has 29 heavy (non-hydrogen) atoms. The third-order valence-corrected chi connectivity index (χ3v) is 5.29. The lowest BCUT2D eigenvalue weighted by molar-refractivity contribution is 0.0734. The predicted octanol–water partition coefficient (Wildman–Crippen LogP) is 4.00. The molecule has 0 fully saturated rings. The maximum atomic E-state index is 13.8. The van der Waals surface area contributed by atoms with E-state index in [1.54, 1.807) is 23.0 Å². The Balaban J connectivity index is 1.56. The van der Waals surface area contributed by atoms with Crippen molar-refractivity contribution in [1.82, 2.24) is 19.2 Å². The van der Waals surface area contributed by atoms with Crippen LogP contribution in [0.5, 0.6) is 0 Å². The first-order valence-electron chi connectivity index (χ1n) is 9.54. The Hall–Kier alpha value is -3.67. The van der Waals surface area contributed by atoms with Crippen molar-refractivity contribution in [2.45, 2.75) is 13.0 Å². The van der Waals surface area contributed by atoms with Gasteiger partial charge in [-0.25, -0.2) is 9.07 Å². The van der Waals surface area contributed by atoms with Gasteiger partial charge >= 0.3 is 0 Å². The molecule has 6 heteroatoms. The lowest BCUT2D eigenvalue weighted by Crippen LogP contribution is -2.36. The van der Waals surface area contributed by atoms with E-state index >= 15 is 0 Å². The van der Waals surface area contributed by atoms with Crippen LogP contribution in [0.1, 0.15) is 21.5 Å². The maximum Gasteiger partial charge on any atom is 0.259 e. The first-order valence-corrected chi connectivity index (χ1v) is 9.54. The molecule has 1 aliphatic heterocycles. The number of hydrogen-bond donors (Lipinski definition) is 0. The number of rotatable bonds is 3. The van der Waals surface area contributed by atoms with Crippen LogP contribution in [-0.2, 0) is 13.0 Å². The fraction of sp³-hybridized carbons (Fsp3) is 0.130. The van der Waals surface area contributed by atoms with E-state index in [4.69, 9.17) is 0 Å². The second-order valence-corrected chi connectivity index (χ2v) is 7.11. The number of nitrogens with zero attached hydrogens (tertiary/aromatic N) is 4. The molecule has 2 aromatic carbocycles. The van der Waals surface area contributed by atoms with Crippen molar-refractivity contribution in [2.24, 2.45) is 0 Å². The molecule has 0 saturated heterocycles. The minimum Gasteiger partial charge on any atom is -0.334 e. The Morgan fingerprint density at radius 2 is 1.76 bits per heavy atom. The zero-order chi connectivity index (χ0) is 19.8. The molecule has 5 rings (SSSR count). The smallest absolute Gasteiger partial charge is 0.259 e. The summed E-state index contributed by atoms with van der Waals surface area (Å²) in [5.74, 6) is 0.173. The monoisotopic (exact) mass is 386 g/mol. The van der Waals surface area contributed by atoms with Gasteiger partial charge in [0.15, 0.2) is 5.82 Å². The molecule has 4 aromatic rings. The minimum atomic E-state index is -0.350. The zero-order valence-corrected chi connectivity index (χ0v) is 15.7. The van der Waals surface area contributed by atoms with Crippen LogP contribution in [0, 0.1) is 5.82 Å². The third kappa shape index (κ3) is 3.12. The molecule has 1 aliphatic rings. The summed E-state index contributed by atoms with van der Waals surface area (Å²) in [4.78, 5) is 15.3. The molecule has 0 aliphatic carbocycles. The number of amides is 1. The van der Waals surface area contributed by atoms with Gasteiger partial charge < -0.3 is 9.47 Å². The molecular weight excluding hydrogens is 367 g/mol. The first kappa shape index (κ1) is 17.4. The Bertz CT molecular complexity index is 1180. The number of hydrogen-bond acceptors (Lipinski definition) is 2. The highest BCUT2D eigenvalue weighted by molar-refractivity contribution is 5.97. The average Bonchev–Trinajstić information content (AvgIpc) is 3.42. The van der Waals surface area contributed by atoms with Gasteiger partial charge in [-0.3, -0.25) is 4.79 Å². The van der Waals surface area contributed by atoms with Gasteiger partial charge in [0.2, 0.25) is 0 Å². The molecule has 3 heterocycles. The van der Waals surface area contributed by atoms with Gasteiger partial charge in [0.05, 0.1) is 11.9 Å². The number of fused-ring (bicyclic) bond motifs is 1. The van der Waals surface area contributed by atoms with Gasteiger partial charge in [0, 0.05) is 25.5 Å². The van der Waals surface area contributed by atoms with Crippen molar-refractivity contribution in [3.05, 3.63) is 102 Å². The molecule has 0 unspecified atom stereocenters. The van der Waals surface area contributed by atoms with E-state index in [-0.39, 0.29) is 11.7 Å². The van der Waals surface area contributed by atoms with E-state index in [9.17, 15) is 9.18 Å². The second kappa shape index (κ2) is 7.05. The fourth-order valence-corrected chi connectivity index (χ4v) is 3.85. The van der Waals surface area contributed by atoms with Crippen LogP contribution in [0.15, 0.2) is 79.3 Å². The fourth-order valence-electron chi connectivity index (χ4n) is 3.85. The highest BCUT2D eigenvalue weighted by Gasteiger charge is 2.27. The van der Waals surface area contributed by atoms with E-state index in [0.29, 0.717) is 30.2 Å². The summed E-state index contributed by atoms with van der Waals surface area (Å²) >= 11 is 0. The number of carbonyl (C=O) groups is 1. The predicted molar refractivity (Wildman–Crippen MR) is 108 cm³/mol. The Morgan fingerprint density at radius 1 is 0.966 bits per heavy atom. The van der Waals surface area contributed by atoms with Crippen molar-refractivity contribution in [3.63, 3.8) is 0 Å². The molecule has 0 atom stereocenters. The summed E-state index contributed by atoms with van der Waals surface area (Å²) in [5.41, 5.74) is 3.52. The zero-order valence-electron chi connectivity index (χ0n) is 15.7. The molecule has 5 nitrogen and oxygen atoms in total. The SMILES string of the molecule is O=C(c1cnn(-c2cccc(F)c2)c1-n1cccc1)N1CCc2ccccc2C1. The summed E-state index contributed by atoms with van der Waals surface area (Å²) in [5, 5.41) is 4.43. The van der Waals surface area contributed by atoms with Gasteiger partial charge in [-0.2, -0.15) is 5.10 Å². The lowest BCUT2D eigenvalue weighted by Gasteiger charge is -2.29. The van der Waals surface area contributed by atoms with E-state index in [1.807, 2.05) is 46.1 Å². The average molecular weight is 386 g/mol. The summed E-state index contributed by atoms with van der Waals surface area (Å²) in [6.07, 6.45) is 6.12. The molecule has 0 spiro atoms. The summed E-state index contributed by atoms with van der Waals surface area (Å²) in [6.45, 7) is 1.23. The molecule has 0 bridgehead atoms. The van der Waals surface area contributed by atoms with Crippen LogP contribution in [0.2, 0.25) is 0 Å². The quantitative estimate of drug-likeness (QED) is 0.534.